The van der Waals surface area contributed by atoms with Crippen molar-refractivity contribution in [3.05, 3.63) is 71.5 Å². The van der Waals surface area contributed by atoms with E-state index in [4.69, 9.17) is 5.73 Å². The summed E-state index contributed by atoms with van der Waals surface area (Å²) in [5.74, 6) is 0.527. The van der Waals surface area contributed by atoms with E-state index in [0.29, 0.717) is 50.6 Å². The number of fused-ring (bicyclic) bond motifs is 2. The fourth-order valence-electron chi connectivity index (χ4n) is 5.77. The number of benzene rings is 2. The van der Waals surface area contributed by atoms with Gasteiger partial charge < -0.3 is 21.3 Å². The van der Waals surface area contributed by atoms with E-state index in [-0.39, 0.29) is 24.3 Å². The Balaban J connectivity index is 0.00000181. The zero-order valence-electron chi connectivity index (χ0n) is 24.0. The summed E-state index contributed by atoms with van der Waals surface area (Å²) in [4.78, 5) is 40.3. The van der Waals surface area contributed by atoms with Crippen LogP contribution >= 0.6 is 0 Å². The number of hydrogen-bond donors (Lipinski definition) is 3. The van der Waals surface area contributed by atoms with Crippen molar-refractivity contribution >= 4 is 28.5 Å². The van der Waals surface area contributed by atoms with Crippen LogP contribution in [0.15, 0.2) is 65.9 Å². The number of rotatable bonds is 9. The third-order valence-electron chi connectivity index (χ3n) is 7.98. The summed E-state index contributed by atoms with van der Waals surface area (Å²) in [7, 11) is 0. The lowest BCUT2D eigenvalue weighted by Crippen LogP contribution is -2.50. The van der Waals surface area contributed by atoms with Crippen LogP contribution in [-0.4, -0.2) is 48.3 Å². The number of aryl methyl sites for hydroxylation is 1. The maximum absolute atomic E-state index is 13.2. The highest BCUT2D eigenvalue weighted by Gasteiger charge is 2.39. The molecular weight excluding hydrogens is 500 g/mol. The van der Waals surface area contributed by atoms with Gasteiger partial charge in [-0.1, -0.05) is 74.0 Å². The summed E-state index contributed by atoms with van der Waals surface area (Å²) < 4.78 is 0. The number of hydrogen-bond acceptors (Lipinski definition) is 4. The van der Waals surface area contributed by atoms with E-state index in [2.05, 4.69) is 53.1 Å². The lowest BCUT2D eigenvalue weighted by Gasteiger charge is -2.24. The number of nitrogens with two attached hydrogens (primary N) is 1. The van der Waals surface area contributed by atoms with Gasteiger partial charge in [-0.15, -0.1) is 0 Å². The Morgan fingerprint density at radius 2 is 1.85 bits per heavy atom. The van der Waals surface area contributed by atoms with E-state index in [1.165, 1.54) is 21.9 Å². The molecule has 3 amide bonds. The third-order valence-corrected chi connectivity index (χ3v) is 7.98. The molecule has 0 radical (unpaired) electrons. The molecule has 2 aromatic carbocycles. The van der Waals surface area contributed by atoms with Gasteiger partial charge in [0.05, 0.1) is 6.54 Å². The predicted molar refractivity (Wildman–Crippen MR) is 160 cm³/mol. The van der Waals surface area contributed by atoms with Gasteiger partial charge in [-0.25, -0.2) is 0 Å². The summed E-state index contributed by atoms with van der Waals surface area (Å²) in [6, 6.07) is 14.1. The van der Waals surface area contributed by atoms with Crippen LogP contribution in [0.4, 0.5) is 0 Å². The van der Waals surface area contributed by atoms with E-state index in [0.717, 1.165) is 31.4 Å². The molecule has 1 aliphatic heterocycles. The lowest BCUT2D eigenvalue weighted by atomic mass is 10.0. The summed E-state index contributed by atoms with van der Waals surface area (Å²) in [6.07, 6.45) is 10.2. The highest BCUT2D eigenvalue weighted by Crippen LogP contribution is 2.47. The molecule has 214 valence electrons. The number of allylic oxidation sites excluding steroid dienone is 2. The van der Waals surface area contributed by atoms with Crippen molar-refractivity contribution in [2.45, 2.75) is 71.3 Å². The van der Waals surface area contributed by atoms with E-state index in [1.54, 1.807) is 4.90 Å². The second-order valence-electron chi connectivity index (χ2n) is 10.8. The van der Waals surface area contributed by atoms with E-state index >= 15 is 0 Å². The average molecular weight is 545 g/mol. The standard InChI is InChI=1S/C31H38N4O3.C2H6/c32-19-24-13-14-26(17-25-18-27(24)25)33-30(37)20-35-15-4-3-9-28(31(35)38)34-29(36)10-5-6-21-11-12-22-7-1-2-8-23(22)16-21;1-2/h1-2,7-8,11-13,16-17,25,27-28H,3-6,9-10,14-15,18-20,32H2,(H,33,37)(H,34,36);1-2H3. The fraction of sp³-hybridized carbons (Fsp3) is 0.485. The molecule has 3 atom stereocenters. The zero-order chi connectivity index (χ0) is 28.5. The van der Waals surface area contributed by atoms with Crippen molar-refractivity contribution in [1.82, 2.24) is 15.5 Å². The van der Waals surface area contributed by atoms with Crippen LogP contribution in [0, 0.1) is 11.8 Å². The Morgan fingerprint density at radius 1 is 1.05 bits per heavy atom. The van der Waals surface area contributed by atoms with Gasteiger partial charge in [0.25, 0.3) is 0 Å². The minimum atomic E-state index is -0.571. The molecule has 0 spiro atoms. The Bertz CT molecular complexity index is 1270. The van der Waals surface area contributed by atoms with E-state index in [1.807, 2.05) is 26.0 Å². The minimum absolute atomic E-state index is 0.00601. The van der Waals surface area contributed by atoms with Gasteiger partial charge in [-0.2, -0.15) is 0 Å². The monoisotopic (exact) mass is 544 g/mol. The van der Waals surface area contributed by atoms with Gasteiger partial charge in [-0.3, -0.25) is 14.4 Å². The average Bonchev–Trinajstić information content (AvgIpc) is 3.76. The molecule has 4 N–H and O–H groups in total. The quantitative estimate of drug-likeness (QED) is 0.401. The number of carbonyl (C=O) groups excluding carboxylic acids is 3. The minimum Gasteiger partial charge on any atom is -0.344 e. The third kappa shape index (κ3) is 7.81. The molecule has 40 heavy (non-hydrogen) atoms. The molecule has 2 aliphatic carbocycles. The zero-order valence-corrected chi connectivity index (χ0v) is 24.0. The smallest absolute Gasteiger partial charge is 0.245 e. The van der Waals surface area contributed by atoms with Gasteiger partial charge in [0.2, 0.25) is 17.7 Å². The maximum Gasteiger partial charge on any atom is 0.245 e. The second kappa shape index (κ2) is 14.3. The lowest BCUT2D eigenvalue weighted by molar-refractivity contribution is -0.138. The molecule has 0 bridgehead atoms. The van der Waals surface area contributed by atoms with Crippen LogP contribution in [-0.2, 0) is 20.8 Å². The first kappa shape index (κ1) is 29.5. The molecule has 1 saturated carbocycles. The molecular formula is C33H44N4O3. The van der Waals surface area contributed by atoms with Crippen LogP contribution in [0.3, 0.4) is 0 Å². The van der Waals surface area contributed by atoms with Gasteiger partial charge in [0, 0.05) is 31.6 Å². The molecule has 1 heterocycles. The Labute approximate surface area is 238 Å². The van der Waals surface area contributed by atoms with Crippen LogP contribution in [0.5, 0.6) is 0 Å². The molecule has 0 aromatic heterocycles. The highest BCUT2D eigenvalue weighted by atomic mass is 16.2. The molecule has 1 saturated heterocycles. The van der Waals surface area contributed by atoms with E-state index < -0.39 is 6.04 Å². The van der Waals surface area contributed by atoms with E-state index in [9.17, 15) is 14.4 Å². The summed E-state index contributed by atoms with van der Waals surface area (Å²) in [6.45, 7) is 5.10. The number of nitrogens with zero attached hydrogens (tertiary/aromatic N) is 1. The van der Waals surface area contributed by atoms with Gasteiger partial charge in [-0.05, 0) is 66.7 Å². The highest BCUT2D eigenvalue weighted by molar-refractivity contribution is 5.91. The van der Waals surface area contributed by atoms with Crippen molar-refractivity contribution in [3.63, 3.8) is 0 Å². The first-order valence-electron chi connectivity index (χ1n) is 15.0. The Morgan fingerprint density at radius 3 is 2.65 bits per heavy atom. The first-order valence-corrected chi connectivity index (χ1v) is 15.0. The SMILES string of the molecule is CC.NCC1=CCC(NC(=O)CN2CCCCC(NC(=O)CCCc3ccc4ccccc4c3)C2=O)=CC2CC12. The summed E-state index contributed by atoms with van der Waals surface area (Å²) >= 11 is 0. The molecule has 3 unspecified atom stereocenters. The second-order valence-corrected chi connectivity index (χ2v) is 10.8. The van der Waals surface area contributed by atoms with Crippen molar-refractivity contribution in [3.8, 4) is 0 Å². The van der Waals surface area contributed by atoms with Crippen LogP contribution < -0.4 is 16.4 Å². The molecule has 7 nitrogen and oxygen atoms in total. The number of carbonyl (C=O) groups is 3. The fourth-order valence-corrected chi connectivity index (χ4v) is 5.77. The van der Waals surface area contributed by atoms with Crippen molar-refractivity contribution < 1.29 is 14.4 Å². The van der Waals surface area contributed by atoms with Gasteiger partial charge in [0.15, 0.2) is 0 Å². The van der Waals surface area contributed by atoms with Crippen LogP contribution in [0.25, 0.3) is 10.8 Å². The largest absolute Gasteiger partial charge is 0.344 e. The van der Waals surface area contributed by atoms with Crippen LogP contribution in [0.1, 0.15) is 64.4 Å². The van der Waals surface area contributed by atoms with Crippen molar-refractivity contribution in [1.29, 1.82) is 0 Å². The molecule has 5 rings (SSSR count). The molecule has 3 aliphatic rings. The van der Waals surface area contributed by atoms with Gasteiger partial charge in [0.1, 0.15) is 6.04 Å². The predicted octanol–water partition coefficient (Wildman–Crippen LogP) is 4.61. The molecule has 2 aromatic rings. The molecule has 2 fully saturated rings. The number of nitrogens with one attached hydrogen (secondary N) is 2. The molecule has 7 heteroatoms. The van der Waals surface area contributed by atoms with Gasteiger partial charge >= 0.3 is 0 Å². The summed E-state index contributed by atoms with van der Waals surface area (Å²) in [5, 5.41) is 8.37. The number of amides is 3. The van der Waals surface area contributed by atoms with Crippen LogP contribution in [0.2, 0.25) is 0 Å². The number of likely N-dealkylation sites (tertiary alicyclic amines) is 1. The maximum atomic E-state index is 13.2. The first-order chi connectivity index (χ1) is 19.5. The summed E-state index contributed by atoms with van der Waals surface area (Å²) in [5.41, 5.74) is 9.23. The normalized spacial score (nSPS) is 22.0. The Kier molecular flexibility index (Phi) is 10.5. The Hall–Kier alpha value is -3.45. The van der Waals surface area contributed by atoms with Crippen molar-refractivity contribution in [2.75, 3.05) is 19.6 Å². The topological polar surface area (TPSA) is 105 Å². The van der Waals surface area contributed by atoms with Crippen molar-refractivity contribution in [2.24, 2.45) is 17.6 Å².